The van der Waals surface area contributed by atoms with Crippen LogP contribution in [0.2, 0.25) is 0 Å². The monoisotopic (exact) mass is 254 g/mol. The molecule has 0 bridgehead atoms. The van der Waals surface area contributed by atoms with Crippen LogP contribution in [0.15, 0.2) is 17.5 Å². The third-order valence-corrected chi connectivity index (χ3v) is 4.97. The van der Waals surface area contributed by atoms with Gasteiger partial charge in [-0.25, -0.2) is 0 Å². The molecule has 1 fully saturated rings. The van der Waals surface area contributed by atoms with Crippen LogP contribution >= 0.6 is 11.3 Å². The van der Waals surface area contributed by atoms with Crippen molar-refractivity contribution in [1.29, 1.82) is 0 Å². The van der Waals surface area contributed by atoms with E-state index in [1.807, 2.05) is 0 Å². The van der Waals surface area contributed by atoms with E-state index >= 15 is 0 Å². The summed E-state index contributed by atoms with van der Waals surface area (Å²) in [6.45, 7) is 6.37. The molecule has 0 aromatic carbocycles. The van der Waals surface area contributed by atoms with Gasteiger partial charge in [-0.05, 0) is 44.1 Å². The van der Waals surface area contributed by atoms with Crippen LogP contribution in [0.4, 0.5) is 0 Å². The smallest absolute Gasteiger partial charge is 0.0607 e. The standard InChI is InChI=1S/C14H22O2S/c1-9-10(2)16-11(3)14(9)13(15)7-6-12-5-4-8-17-12/h4-5,8-11,13-15H,6-7H2,1-3H3. The fourth-order valence-electron chi connectivity index (χ4n) is 2.89. The Bertz CT molecular complexity index is 336. The first kappa shape index (κ1) is 13.1. The lowest BCUT2D eigenvalue weighted by Gasteiger charge is -2.24. The van der Waals surface area contributed by atoms with Gasteiger partial charge in [0, 0.05) is 10.8 Å². The minimum Gasteiger partial charge on any atom is -0.393 e. The predicted octanol–water partition coefficient (Wildman–Crippen LogP) is 3.10. The number of thiophene rings is 1. The topological polar surface area (TPSA) is 29.5 Å². The van der Waals surface area contributed by atoms with E-state index in [2.05, 4.69) is 38.3 Å². The van der Waals surface area contributed by atoms with E-state index in [9.17, 15) is 5.11 Å². The Kier molecular flexibility index (Phi) is 4.23. The number of hydrogen-bond donors (Lipinski definition) is 1. The molecule has 1 aliphatic heterocycles. The number of aliphatic hydroxyl groups is 1. The molecule has 17 heavy (non-hydrogen) atoms. The maximum Gasteiger partial charge on any atom is 0.0607 e. The van der Waals surface area contributed by atoms with Gasteiger partial charge in [-0.1, -0.05) is 13.0 Å². The fraction of sp³-hybridized carbons (Fsp3) is 0.714. The molecule has 3 heteroatoms. The van der Waals surface area contributed by atoms with Crippen molar-refractivity contribution >= 4 is 11.3 Å². The minimum absolute atomic E-state index is 0.179. The van der Waals surface area contributed by atoms with Crippen LogP contribution in [0, 0.1) is 11.8 Å². The summed E-state index contributed by atoms with van der Waals surface area (Å²) in [5, 5.41) is 12.4. The Hall–Kier alpha value is -0.380. The van der Waals surface area contributed by atoms with Crippen LogP contribution in [-0.2, 0) is 11.2 Å². The lowest BCUT2D eigenvalue weighted by atomic mass is 9.83. The van der Waals surface area contributed by atoms with E-state index in [0.717, 1.165) is 12.8 Å². The summed E-state index contributed by atoms with van der Waals surface area (Å²) in [5.41, 5.74) is 0. The molecule has 0 radical (unpaired) electrons. The van der Waals surface area contributed by atoms with Crippen LogP contribution < -0.4 is 0 Å². The van der Waals surface area contributed by atoms with Crippen molar-refractivity contribution < 1.29 is 9.84 Å². The summed E-state index contributed by atoms with van der Waals surface area (Å²) in [6.07, 6.45) is 2.02. The van der Waals surface area contributed by atoms with Crippen molar-refractivity contribution in [3.05, 3.63) is 22.4 Å². The van der Waals surface area contributed by atoms with E-state index in [1.54, 1.807) is 11.3 Å². The summed E-state index contributed by atoms with van der Waals surface area (Å²) in [4.78, 5) is 1.36. The summed E-state index contributed by atoms with van der Waals surface area (Å²) in [6, 6.07) is 4.20. The van der Waals surface area contributed by atoms with Crippen molar-refractivity contribution in [1.82, 2.24) is 0 Å². The average molecular weight is 254 g/mol. The molecular formula is C14H22O2S. The zero-order valence-electron chi connectivity index (χ0n) is 10.8. The van der Waals surface area contributed by atoms with Crippen LogP contribution in [0.25, 0.3) is 0 Å². The van der Waals surface area contributed by atoms with Crippen LogP contribution in [0.5, 0.6) is 0 Å². The maximum absolute atomic E-state index is 10.3. The van der Waals surface area contributed by atoms with E-state index in [1.165, 1.54) is 4.88 Å². The third kappa shape index (κ3) is 2.90. The Labute approximate surface area is 108 Å². The number of rotatable bonds is 4. The molecule has 1 aromatic rings. The predicted molar refractivity (Wildman–Crippen MR) is 71.3 cm³/mol. The summed E-state index contributed by atoms with van der Waals surface area (Å²) >= 11 is 1.77. The Morgan fingerprint density at radius 1 is 1.35 bits per heavy atom. The third-order valence-electron chi connectivity index (χ3n) is 4.03. The fourth-order valence-corrected chi connectivity index (χ4v) is 3.62. The highest BCUT2D eigenvalue weighted by molar-refractivity contribution is 7.09. The molecule has 0 amide bonds. The highest BCUT2D eigenvalue weighted by Gasteiger charge is 2.40. The zero-order valence-corrected chi connectivity index (χ0v) is 11.6. The summed E-state index contributed by atoms with van der Waals surface area (Å²) in [5.74, 6) is 0.730. The maximum atomic E-state index is 10.3. The quantitative estimate of drug-likeness (QED) is 0.894. The van der Waals surface area contributed by atoms with Crippen LogP contribution in [-0.4, -0.2) is 23.4 Å². The molecule has 96 valence electrons. The van der Waals surface area contributed by atoms with E-state index in [-0.39, 0.29) is 24.2 Å². The molecule has 5 atom stereocenters. The molecule has 5 unspecified atom stereocenters. The van der Waals surface area contributed by atoms with Crippen LogP contribution in [0.3, 0.4) is 0 Å². The normalized spacial score (nSPS) is 35.1. The molecule has 0 spiro atoms. The highest BCUT2D eigenvalue weighted by atomic mass is 32.1. The van der Waals surface area contributed by atoms with Crippen molar-refractivity contribution in [2.24, 2.45) is 11.8 Å². The molecule has 2 heterocycles. The van der Waals surface area contributed by atoms with Gasteiger partial charge >= 0.3 is 0 Å². The van der Waals surface area contributed by atoms with Crippen LogP contribution in [0.1, 0.15) is 32.1 Å². The average Bonchev–Trinajstić information content (AvgIpc) is 2.86. The highest BCUT2D eigenvalue weighted by Crippen LogP contribution is 2.35. The number of hydrogen-bond acceptors (Lipinski definition) is 3. The molecule has 1 N–H and O–H groups in total. The molecule has 2 rings (SSSR count). The molecule has 2 nitrogen and oxygen atoms in total. The van der Waals surface area contributed by atoms with Gasteiger partial charge in [-0.15, -0.1) is 11.3 Å². The number of aryl methyl sites for hydroxylation is 1. The van der Waals surface area contributed by atoms with Gasteiger partial charge in [0.2, 0.25) is 0 Å². The largest absolute Gasteiger partial charge is 0.393 e. The second kappa shape index (κ2) is 5.51. The van der Waals surface area contributed by atoms with E-state index in [0.29, 0.717) is 5.92 Å². The second-order valence-electron chi connectivity index (χ2n) is 5.17. The SMILES string of the molecule is CC1OC(C)C(C(O)CCc2cccs2)C1C. The molecular weight excluding hydrogens is 232 g/mol. The first-order chi connectivity index (χ1) is 8.09. The van der Waals surface area contributed by atoms with Crippen molar-refractivity contribution in [3.63, 3.8) is 0 Å². The Morgan fingerprint density at radius 2 is 2.12 bits per heavy atom. The van der Waals surface area contributed by atoms with Gasteiger partial charge in [0.1, 0.15) is 0 Å². The van der Waals surface area contributed by atoms with Crippen molar-refractivity contribution in [3.8, 4) is 0 Å². The first-order valence-electron chi connectivity index (χ1n) is 6.45. The number of aliphatic hydroxyl groups excluding tert-OH is 1. The van der Waals surface area contributed by atoms with Gasteiger partial charge < -0.3 is 9.84 Å². The molecule has 0 aliphatic carbocycles. The number of ether oxygens (including phenoxy) is 1. The molecule has 1 aliphatic rings. The van der Waals surface area contributed by atoms with Gasteiger partial charge in [-0.3, -0.25) is 0 Å². The Morgan fingerprint density at radius 3 is 2.65 bits per heavy atom. The zero-order chi connectivity index (χ0) is 12.4. The molecule has 0 saturated carbocycles. The van der Waals surface area contributed by atoms with E-state index < -0.39 is 0 Å². The molecule has 1 aromatic heterocycles. The minimum atomic E-state index is -0.243. The molecule has 1 saturated heterocycles. The van der Waals surface area contributed by atoms with Gasteiger partial charge in [0.05, 0.1) is 18.3 Å². The lowest BCUT2D eigenvalue weighted by molar-refractivity contribution is 0.0213. The second-order valence-corrected chi connectivity index (χ2v) is 6.20. The van der Waals surface area contributed by atoms with Crippen molar-refractivity contribution in [2.75, 3.05) is 0 Å². The first-order valence-corrected chi connectivity index (χ1v) is 7.33. The van der Waals surface area contributed by atoms with Gasteiger partial charge in [-0.2, -0.15) is 0 Å². The van der Waals surface area contributed by atoms with Crippen molar-refractivity contribution in [2.45, 2.75) is 51.9 Å². The van der Waals surface area contributed by atoms with E-state index in [4.69, 9.17) is 4.74 Å². The summed E-state index contributed by atoms with van der Waals surface area (Å²) < 4.78 is 5.79. The van der Waals surface area contributed by atoms with Gasteiger partial charge in [0.15, 0.2) is 0 Å². The Balaban J connectivity index is 1.89. The summed E-state index contributed by atoms with van der Waals surface area (Å²) in [7, 11) is 0. The van der Waals surface area contributed by atoms with Gasteiger partial charge in [0.25, 0.3) is 0 Å². The lowest BCUT2D eigenvalue weighted by Crippen LogP contribution is -2.31.